The molecule has 4 heteroatoms. The van der Waals surface area contributed by atoms with E-state index in [1.807, 2.05) is 30.3 Å². The number of amides is 1. The Bertz CT molecular complexity index is 577. The van der Waals surface area contributed by atoms with E-state index in [0.29, 0.717) is 0 Å². The van der Waals surface area contributed by atoms with Crippen LogP contribution in [0.2, 0.25) is 0 Å². The lowest BCUT2D eigenvalue weighted by Gasteiger charge is -2.33. The molecule has 1 aromatic rings. The van der Waals surface area contributed by atoms with E-state index in [2.05, 4.69) is 16.3 Å². The van der Waals surface area contributed by atoms with Crippen LogP contribution in [0.1, 0.15) is 55.3 Å². The number of carbonyl (C=O) groups excluding carboxylic acids is 1. The molecule has 1 aliphatic heterocycles. The summed E-state index contributed by atoms with van der Waals surface area (Å²) in [7, 11) is 0. The van der Waals surface area contributed by atoms with Crippen LogP contribution in [0.15, 0.2) is 42.0 Å². The maximum Gasteiger partial charge on any atom is 0.251 e. The van der Waals surface area contributed by atoms with Crippen LogP contribution in [0, 0.1) is 0 Å². The van der Waals surface area contributed by atoms with Crippen molar-refractivity contribution < 1.29 is 9.90 Å². The summed E-state index contributed by atoms with van der Waals surface area (Å²) >= 11 is 0. The predicted molar refractivity (Wildman–Crippen MR) is 101 cm³/mol. The molecule has 1 aliphatic carbocycles. The van der Waals surface area contributed by atoms with Gasteiger partial charge in [-0.3, -0.25) is 4.79 Å². The molecule has 1 saturated heterocycles. The molecule has 1 atom stereocenters. The van der Waals surface area contributed by atoms with Crippen LogP contribution in [0.4, 0.5) is 0 Å². The lowest BCUT2D eigenvalue weighted by molar-refractivity contribution is 0.0905. The largest absolute Gasteiger partial charge is 0.389 e. The third kappa shape index (κ3) is 5.41. The zero-order valence-corrected chi connectivity index (χ0v) is 15.0. The van der Waals surface area contributed by atoms with Gasteiger partial charge in [-0.15, -0.1) is 0 Å². The first-order chi connectivity index (χ1) is 12.2. The number of aliphatic hydroxyl groups excluding tert-OH is 1. The fraction of sp³-hybridized carbons (Fsp3) is 0.571. The lowest BCUT2D eigenvalue weighted by Crippen LogP contribution is -2.45. The molecule has 1 fully saturated rings. The number of aliphatic hydroxyl groups is 1. The van der Waals surface area contributed by atoms with Gasteiger partial charge in [0.2, 0.25) is 0 Å². The van der Waals surface area contributed by atoms with Crippen molar-refractivity contribution in [3.63, 3.8) is 0 Å². The van der Waals surface area contributed by atoms with Crippen molar-refractivity contribution in [3.8, 4) is 0 Å². The van der Waals surface area contributed by atoms with Crippen LogP contribution in [0.5, 0.6) is 0 Å². The Morgan fingerprint density at radius 1 is 1.20 bits per heavy atom. The molecule has 0 saturated carbocycles. The molecule has 0 aromatic heterocycles. The Labute approximate surface area is 150 Å². The monoisotopic (exact) mass is 342 g/mol. The first kappa shape index (κ1) is 18.2. The number of nitrogens with one attached hydrogen (secondary N) is 1. The molecular weight excluding hydrogens is 312 g/mol. The average molecular weight is 342 g/mol. The molecule has 0 spiro atoms. The fourth-order valence-electron chi connectivity index (χ4n) is 3.82. The molecule has 1 unspecified atom stereocenters. The highest BCUT2D eigenvalue weighted by Gasteiger charge is 2.22. The number of hydrogen-bond donors (Lipinski definition) is 2. The minimum Gasteiger partial charge on any atom is -0.389 e. The standard InChI is InChI=1S/C21H30N2O2/c24-20(17-7-3-1-4-8-17)13-16-23-14-11-19(12-15-23)22-21(25)18-9-5-2-6-10-18/h2,5-7,9-10,19-20,24H,1,3-4,8,11-16H2,(H,22,25). The molecule has 4 nitrogen and oxygen atoms in total. The molecule has 1 aromatic carbocycles. The van der Waals surface area contributed by atoms with Crippen molar-refractivity contribution in [1.29, 1.82) is 0 Å². The quantitative estimate of drug-likeness (QED) is 0.781. The van der Waals surface area contributed by atoms with Crippen LogP contribution in [-0.4, -0.2) is 47.7 Å². The molecule has 2 aliphatic rings. The number of rotatable bonds is 6. The van der Waals surface area contributed by atoms with Crippen molar-refractivity contribution in [3.05, 3.63) is 47.5 Å². The number of allylic oxidation sites excluding steroid dienone is 1. The maximum absolute atomic E-state index is 12.2. The molecule has 136 valence electrons. The summed E-state index contributed by atoms with van der Waals surface area (Å²) in [5.41, 5.74) is 1.98. The molecular formula is C21H30N2O2. The molecule has 1 amide bonds. The SMILES string of the molecule is O=C(NC1CCN(CCC(O)C2=CCCCC2)CC1)c1ccccc1. The number of benzene rings is 1. The van der Waals surface area contributed by atoms with Gasteiger partial charge in [-0.1, -0.05) is 24.3 Å². The smallest absolute Gasteiger partial charge is 0.251 e. The summed E-state index contributed by atoms with van der Waals surface area (Å²) in [5, 5.41) is 13.5. The van der Waals surface area contributed by atoms with Gasteiger partial charge < -0.3 is 15.3 Å². The Morgan fingerprint density at radius 3 is 2.64 bits per heavy atom. The van der Waals surface area contributed by atoms with Gasteiger partial charge in [0, 0.05) is 31.2 Å². The second-order valence-electron chi connectivity index (χ2n) is 7.28. The summed E-state index contributed by atoms with van der Waals surface area (Å²) in [5.74, 6) is 0.0266. The number of nitrogens with zero attached hydrogens (tertiary/aromatic N) is 1. The van der Waals surface area contributed by atoms with E-state index in [-0.39, 0.29) is 18.1 Å². The van der Waals surface area contributed by atoms with Gasteiger partial charge in [-0.25, -0.2) is 0 Å². The van der Waals surface area contributed by atoms with Crippen LogP contribution in [0.3, 0.4) is 0 Å². The Morgan fingerprint density at radius 2 is 1.96 bits per heavy atom. The zero-order chi connectivity index (χ0) is 17.5. The molecule has 0 radical (unpaired) electrons. The number of likely N-dealkylation sites (tertiary alicyclic amines) is 1. The van der Waals surface area contributed by atoms with Crippen molar-refractivity contribution in [2.24, 2.45) is 0 Å². The van der Waals surface area contributed by atoms with E-state index in [1.165, 1.54) is 18.4 Å². The molecule has 3 rings (SSSR count). The van der Waals surface area contributed by atoms with Crippen LogP contribution in [-0.2, 0) is 0 Å². The summed E-state index contributed by atoms with van der Waals surface area (Å²) in [6.07, 6.45) is 9.43. The highest BCUT2D eigenvalue weighted by atomic mass is 16.3. The maximum atomic E-state index is 12.2. The molecule has 1 heterocycles. The summed E-state index contributed by atoms with van der Waals surface area (Å²) in [4.78, 5) is 14.6. The van der Waals surface area contributed by atoms with Crippen molar-refractivity contribution in [1.82, 2.24) is 10.2 Å². The van der Waals surface area contributed by atoms with Crippen molar-refractivity contribution in [2.45, 2.75) is 57.1 Å². The third-order valence-corrected chi connectivity index (χ3v) is 5.43. The van der Waals surface area contributed by atoms with Gasteiger partial charge in [0.25, 0.3) is 5.91 Å². The van der Waals surface area contributed by atoms with Crippen LogP contribution in [0.25, 0.3) is 0 Å². The van der Waals surface area contributed by atoms with E-state index in [1.54, 1.807) is 0 Å². The normalized spacial score (nSPS) is 20.8. The summed E-state index contributed by atoms with van der Waals surface area (Å²) < 4.78 is 0. The van der Waals surface area contributed by atoms with E-state index < -0.39 is 0 Å². The summed E-state index contributed by atoms with van der Waals surface area (Å²) in [6.45, 7) is 2.93. The molecule has 0 bridgehead atoms. The van der Waals surface area contributed by atoms with Gasteiger partial charge in [-0.2, -0.15) is 0 Å². The fourth-order valence-corrected chi connectivity index (χ4v) is 3.82. The number of hydrogen-bond acceptors (Lipinski definition) is 3. The third-order valence-electron chi connectivity index (χ3n) is 5.43. The van der Waals surface area contributed by atoms with E-state index in [9.17, 15) is 9.90 Å². The highest BCUT2D eigenvalue weighted by molar-refractivity contribution is 5.94. The first-order valence-corrected chi connectivity index (χ1v) is 9.67. The minimum atomic E-state index is -0.268. The van der Waals surface area contributed by atoms with Gasteiger partial charge in [-0.05, 0) is 62.7 Å². The Balaban J connectivity index is 1.37. The second-order valence-corrected chi connectivity index (χ2v) is 7.28. The van der Waals surface area contributed by atoms with Crippen molar-refractivity contribution >= 4 is 5.91 Å². The number of piperidine rings is 1. The van der Waals surface area contributed by atoms with Crippen LogP contribution >= 0.6 is 0 Å². The highest BCUT2D eigenvalue weighted by Crippen LogP contribution is 2.22. The van der Waals surface area contributed by atoms with Gasteiger partial charge in [0.15, 0.2) is 0 Å². The zero-order valence-electron chi connectivity index (χ0n) is 15.0. The minimum absolute atomic E-state index is 0.0266. The van der Waals surface area contributed by atoms with Crippen molar-refractivity contribution in [2.75, 3.05) is 19.6 Å². The molecule has 25 heavy (non-hydrogen) atoms. The molecule has 2 N–H and O–H groups in total. The van der Waals surface area contributed by atoms with E-state index in [4.69, 9.17) is 0 Å². The van der Waals surface area contributed by atoms with Gasteiger partial charge >= 0.3 is 0 Å². The number of carbonyl (C=O) groups is 1. The predicted octanol–water partition coefficient (Wildman–Crippen LogP) is 3.13. The first-order valence-electron chi connectivity index (χ1n) is 9.67. The Kier molecular flexibility index (Phi) is 6.65. The van der Waals surface area contributed by atoms with Crippen LogP contribution < -0.4 is 5.32 Å². The Hall–Kier alpha value is -1.65. The van der Waals surface area contributed by atoms with E-state index >= 15 is 0 Å². The van der Waals surface area contributed by atoms with Gasteiger partial charge in [0.05, 0.1) is 6.10 Å². The lowest BCUT2D eigenvalue weighted by atomic mass is 9.93. The topological polar surface area (TPSA) is 52.6 Å². The summed E-state index contributed by atoms with van der Waals surface area (Å²) in [6, 6.07) is 9.68. The second kappa shape index (κ2) is 9.16. The average Bonchev–Trinajstić information content (AvgIpc) is 2.68. The van der Waals surface area contributed by atoms with Gasteiger partial charge in [0.1, 0.15) is 0 Å². The van der Waals surface area contributed by atoms with E-state index in [0.717, 1.165) is 57.3 Å².